The molecule has 0 unspecified atom stereocenters. The van der Waals surface area contributed by atoms with Crippen LogP contribution in [0.3, 0.4) is 0 Å². The number of carbonyl (C=O) groups excluding carboxylic acids is 2. The lowest BCUT2D eigenvalue weighted by Gasteiger charge is -2.24. The smallest absolute Gasteiger partial charge is 0.342 e. The predicted molar refractivity (Wildman–Crippen MR) is 96.3 cm³/mol. The number of hydrogen-bond acceptors (Lipinski definition) is 4. The van der Waals surface area contributed by atoms with Gasteiger partial charge in [-0.25, -0.2) is 4.79 Å². The second-order valence-electron chi connectivity index (χ2n) is 6.29. The van der Waals surface area contributed by atoms with Crippen LogP contribution in [0.15, 0.2) is 35.7 Å². The zero-order chi connectivity index (χ0) is 17.1. The molecule has 24 heavy (non-hydrogen) atoms. The summed E-state index contributed by atoms with van der Waals surface area (Å²) < 4.78 is 5.40. The van der Waals surface area contributed by atoms with Crippen molar-refractivity contribution in [3.63, 3.8) is 0 Å². The van der Waals surface area contributed by atoms with E-state index in [4.69, 9.17) is 4.74 Å². The van der Waals surface area contributed by atoms with Gasteiger partial charge in [-0.1, -0.05) is 36.8 Å². The van der Waals surface area contributed by atoms with E-state index in [1.54, 1.807) is 0 Å². The fourth-order valence-corrected chi connectivity index (χ4v) is 3.60. The summed E-state index contributed by atoms with van der Waals surface area (Å²) in [6.45, 7) is 3.64. The Morgan fingerprint density at radius 1 is 1.21 bits per heavy atom. The Hall–Kier alpha value is -2.14. The third-order valence-electron chi connectivity index (χ3n) is 4.14. The van der Waals surface area contributed by atoms with Crippen molar-refractivity contribution >= 4 is 28.2 Å². The summed E-state index contributed by atoms with van der Waals surface area (Å²) in [5.41, 5.74) is 2.19. The van der Waals surface area contributed by atoms with Gasteiger partial charge >= 0.3 is 5.97 Å². The van der Waals surface area contributed by atoms with Crippen LogP contribution in [0.1, 0.15) is 43.5 Å². The first-order valence-corrected chi connectivity index (χ1v) is 9.13. The number of carbonyl (C=O) groups is 2. The van der Waals surface area contributed by atoms with Gasteiger partial charge in [0.25, 0.3) is 0 Å². The van der Waals surface area contributed by atoms with Crippen molar-refractivity contribution in [2.75, 3.05) is 5.32 Å². The molecule has 0 spiro atoms. The third kappa shape index (κ3) is 3.51. The van der Waals surface area contributed by atoms with Crippen molar-refractivity contribution in [2.24, 2.45) is 5.92 Å². The number of benzene rings is 1. The van der Waals surface area contributed by atoms with Crippen LogP contribution >= 0.6 is 11.3 Å². The standard InChI is InChI=1S/C19H21NO3S/c1-12(2)23-19(22)16-15(13-7-4-3-5-8-13)11-24-18(16)20-17(21)14-9-6-10-14/h3-5,7-8,11-12,14H,6,9-10H2,1-2H3,(H,20,21). The molecule has 5 heteroatoms. The highest BCUT2D eigenvalue weighted by Gasteiger charge is 2.28. The highest BCUT2D eigenvalue weighted by atomic mass is 32.1. The maximum Gasteiger partial charge on any atom is 0.342 e. The molecule has 1 amide bonds. The first-order chi connectivity index (χ1) is 11.6. The Bertz CT molecular complexity index is 732. The fraction of sp³-hybridized carbons (Fsp3) is 0.368. The SMILES string of the molecule is CC(C)OC(=O)c1c(-c2ccccc2)csc1NC(=O)C1CCC1. The van der Waals surface area contributed by atoms with E-state index in [0.29, 0.717) is 10.6 Å². The summed E-state index contributed by atoms with van der Waals surface area (Å²) in [7, 11) is 0. The molecule has 1 N–H and O–H groups in total. The number of anilines is 1. The molecule has 1 aliphatic carbocycles. The van der Waals surface area contributed by atoms with Gasteiger partial charge in [-0.3, -0.25) is 4.79 Å². The van der Waals surface area contributed by atoms with E-state index in [0.717, 1.165) is 30.4 Å². The molecule has 1 aromatic heterocycles. The molecule has 1 saturated carbocycles. The molecule has 0 saturated heterocycles. The first-order valence-electron chi connectivity index (χ1n) is 8.25. The van der Waals surface area contributed by atoms with Gasteiger partial charge in [-0.15, -0.1) is 11.3 Å². The van der Waals surface area contributed by atoms with E-state index in [9.17, 15) is 9.59 Å². The van der Waals surface area contributed by atoms with Crippen LogP contribution in [-0.2, 0) is 9.53 Å². The summed E-state index contributed by atoms with van der Waals surface area (Å²) in [6, 6.07) is 9.69. The van der Waals surface area contributed by atoms with Crippen molar-refractivity contribution in [2.45, 2.75) is 39.2 Å². The van der Waals surface area contributed by atoms with E-state index >= 15 is 0 Å². The van der Waals surface area contributed by atoms with E-state index in [2.05, 4.69) is 5.32 Å². The van der Waals surface area contributed by atoms with E-state index < -0.39 is 5.97 Å². The fourth-order valence-electron chi connectivity index (χ4n) is 2.64. The van der Waals surface area contributed by atoms with Crippen molar-refractivity contribution < 1.29 is 14.3 Å². The topological polar surface area (TPSA) is 55.4 Å². The molecule has 1 heterocycles. The van der Waals surface area contributed by atoms with Crippen LogP contribution in [0.4, 0.5) is 5.00 Å². The van der Waals surface area contributed by atoms with Gasteiger partial charge in [0.2, 0.25) is 5.91 Å². The normalized spacial score (nSPS) is 14.3. The van der Waals surface area contributed by atoms with Crippen LogP contribution in [0.2, 0.25) is 0 Å². The summed E-state index contributed by atoms with van der Waals surface area (Å²) in [6.07, 6.45) is 2.74. The van der Waals surface area contributed by atoms with Gasteiger partial charge in [0, 0.05) is 16.9 Å². The minimum atomic E-state index is -0.394. The van der Waals surface area contributed by atoms with Crippen LogP contribution in [0.25, 0.3) is 11.1 Å². The van der Waals surface area contributed by atoms with Gasteiger partial charge in [0.05, 0.1) is 6.10 Å². The second kappa shape index (κ2) is 7.18. The summed E-state index contributed by atoms with van der Waals surface area (Å²) in [5.74, 6) is -0.323. The molecule has 3 rings (SSSR count). The molecule has 126 valence electrons. The van der Waals surface area contributed by atoms with Crippen LogP contribution in [0.5, 0.6) is 0 Å². The number of amides is 1. The molecule has 1 aromatic carbocycles. The first kappa shape index (κ1) is 16.7. The Kier molecular flexibility index (Phi) is 5.00. The number of hydrogen-bond donors (Lipinski definition) is 1. The lowest BCUT2D eigenvalue weighted by Crippen LogP contribution is -2.28. The number of rotatable bonds is 5. The molecular formula is C19H21NO3S. The predicted octanol–water partition coefficient (Wildman–Crippen LogP) is 4.72. The van der Waals surface area contributed by atoms with Crippen LogP contribution < -0.4 is 5.32 Å². The number of esters is 1. The van der Waals surface area contributed by atoms with Crippen molar-refractivity contribution in [3.8, 4) is 11.1 Å². The maximum absolute atomic E-state index is 12.6. The summed E-state index contributed by atoms with van der Waals surface area (Å²) in [4.78, 5) is 24.9. The molecule has 1 aliphatic rings. The summed E-state index contributed by atoms with van der Waals surface area (Å²) in [5, 5.41) is 5.42. The van der Waals surface area contributed by atoms with Crippen molar-refractivity contribution in [3.05, 3.63) is 41.3 Å². The van der Waals surface area contributed by atoms with Crippen molar-refractivity contribution in [1.29, 1.82) is 0 Å². The minimum absolute atomic E-state index is 0.00121. The lowest BCUT2D eigenvalue weighted by atomic mass is 9.85. The average molecular weight is 343 g/mol. The number of thiophene rings is 1. The Balaban J connectivity index is 1.94. The second-order valence-corrected chi connectivity index (χ2v) is 7.17. The van der Waals surface area contributed by atoms with E-state index in [1.807, 2.05) is 49.6 Å². The average Bonchev–Trinajstić information content (AvgIpc) is 2.89. The molecule has 0 bridgehead atoms. The van der Waals surface area contributed by atoms with Crippen molar-refractivity contribution in [1.82, 2.24) is 0 Å². The highest BCUT2D eigenvalue weighted by molar-refractivity contribution is 7.15. The third-order valence-corrected chi connectivity index (χ3v) is 5.03. The molecule has 4 nitrogen and oxygen atoms in total. The molecule has 0 aliphatic heterocycles. The Labute approximate surface area is 145 Å². The summed E-state index contributed by atoms with van der Waals surface area (Å²) >= 11 is 1.37. The quantitative estimate of drug-likeness (QED) is 0.799. The van der Waals surface area contributed by atoms with Gasteiger partial charge in [0.15, 0.2) is 0 Å². The molecule has 0 atom stereocenters. The van der Waals surface area contributed by atoms with E-state index in [-0.39, 0.29) is 17.9 Å². The molecular weight excluding hydrogens is 322 g/mol. The van der Waals surface area contributed by atoms with Gasteiger partial charge < -0.3 is 10.1 Å². The van der Waals surface area contributed by atoms with Gasteiger partial charge in [-0.05, 0) is 32.3 Å². The molecule has 0 radical (unpaired) electrons. The largest absolute Gasteiger partial charge is 0.459 e. The Morgan fingerprint density at radius 3 is 2.50 bits per heavy atom. The van der Waals surface area contributed by atoms with Gasteiger partial charge in [-0.2, -0.15) is 0 Å². The monoisotopic (exact) mass is 343 g/mol. The van der Waals surface area contributed by atoms with Crippen LogP contribution in [0, 0.1) is 5.92 Å². The van der Waals surface area contributed by atoms with Gasteiger partial charge in [0.1, 0.15) is 10.6 Å². The minimum Gasteiger partial charge on any atom is -0.459 e. The molecule has 1 fully saturated rings. The van der Waals surface area contributed by atoms with E-state index in [1.165, 1.54) is 11.3 Å². The zero-order valence-electron chi connectivity index (χ0n) is 13.9. The van der Waals surface area contributed by atoms with Crippen LogP contribution in [-0.4, -0.2) is 18.0 Å². The number of nitrogens with one attached hydrogen (secondary N) is 1. The lowest BCUT2D eigenvalue weighted by molar-refractivity contribution is -0.122. The zero-order valence-corrected chi connectivity index (χ0v) is 14.7. The molecule has 2 aromatic rings. The highest BCUT2D eigenvalue weighted by Crippen LogP contribution is 2.37. The number of ether oxygens (including phenoxy) is 1. The maximum atomic E-state index is 12.6. The Morgan fingerprint density at radius 2 is 1.92 bits per heavy atom.